The maximum atomic E-state index is 8.77. The Morgan fingerprint density at radius 1 is 1.40 bits per heavy atom. The molecule has 0 atom stereocenters. The zero-order valence-corrected chi connectivity index (χ0v) is 8.99. The number of unbranched alkanes of at least 4 members (excludes halogenated alkanes) is 2. The van der Waals surface area contributed by atoms with E-state index < -0.39 is 0 Å². The molecule has 0 saturated carbocycles. The van der Waals surface area contributed by atoms with Gasteiger partial charge in [0.25, 0.3) is 0 Å². The number of benzene rings is 1. The Bertz CT molecular complexity index is 355. The van der Waals surface area contributed by atoms with Gasteiger partial charge in [-0.3, -0.25) is 0 Å². The molecule has 1 aromatic rings. The highest BCUT2D eigenvalue weighted by atomic mass is 16.5. The number of nitrogen functional groups attached to an aromatic ring is 1. The van der Waals surface area contributed by atoms with E-state index in [0.717, 1.165) is 19.3 Å². The molecule has 15 heavy (non-hydrogen) atoms. The Hall–Kier alpha value is -1.69. The van der Waals surface area contributed by atoms with E-state index in [4.69, 9.17) is 15.7 Å². The van der Waals surface area contributed by atoms with Crippen molar-refractivity contribution in [2.45, 2.75) is 26.2 Å². The molecule has 0 fully saturated rings. The maximum absolute atomic E-state index is 8.77. The minimum atomic E-state index is 0.441. The molecule has 0 aliphatic rings. The first-order chi connectivity index (χ1) is 7.29. The molecule has 80 valence electrons. The van der Waals surface area contributed by atoms with Gasteiger partial charge < -0.3 is 10.5 Å². The van der Waals surface area contributed by atoms with E-state index in [9.17, 15) is 0 Å². The van der Waals surface area contributed by atoms with Crippen LogP contribution < -0.4 is 10.5 Å². The molecular formula is C12H16N2O. The molecule has 3 heteroatoms. The Kier molecular flexibility index (Phi) is 4.49. The van der Waals surface area contributed by atoms with Crippen LogP contribution in [-0.4, -0.2) is 6.61 Å². The van der Waals surface area contributed by atoms with E-state index in [-0.39, 0.29) is 0 Å². The van der Waals surface area contributed by atoms with E-state index in [1.165, 1.54) is 0 Å². The second kappa shape index (κ2) is 5.92. The number of nitrogens with two attached hydrogens (primary N) is 1. The van der Waals surface area contributed by atoms with E-state index >= 15 is 0 Å². The lowest BCUT2D eigenvalue weighted by Gasteiger charge is -2.08. The van der Waals surface area contributed by atoms with Gasteiger partial charge in [-0.15, -0.1) is 0 Å². The molecule has 0 spiro atoms. The number of hydrogen-bond donors (Lipinski definition) is 1. The molecule has 0 amide bonds. The van der Waals surface area contributed by atoms with Crippen molar-refractivity contribution < 1.29 is 4.74 Å². The topological polar surface area (TPSA) is 59.0 Å². The van der Waals surface area contributed by atoms with Gasteiger partial charge in [0, 0.05) is 0 Å². The molecule has 0 radical (unpaired) electrons. The molecule has 2 N–H and O–H groups in total. The monoisotopic (exact) mass is 204 g/mol. The summed E-state index contributed by atoms with van der Waals surface area (Å²) < 4.78 is 5.51. The first kappa shape index (κ1) is 11.4. The van der Waals surface area contributed by atoms with Crippen molar-refractivity contribution in [1.82, 2.24) is 0 Å². The molecule has 0 aliphatic heterocycles. The highest BCUT2D eigenvalue weighted by molar-refractivity contribution is 5.62. The highest BCUT2D eigenvalue weighted by Crippen LogP contribution is 2.24. The van der Waals surface area contributed by atoms with Crippen LogP contribution in [0.4, 0.5) is 5.69 Å². The molecule has 0 unspecified atom stereocenters. The highest BCUT2D eigenvalue weighted by Gasteiger charge is 2.04. The van der Waals surface area contributed by atoms with Crippen molar-refractivity contribution in [2.24, 2.45) is 0 Å². The smallest absolute Gasteiger partial charge is 0.143 e. The van der Waals surface area contributed by atoms with Gasteiger partial charge in [0.2, 0.25) is 0 Å². The summed E-state index contributed by atoms with van der Waals surface area (Å²) in [5.41, 5.74) is 6.68. The lowest BCUT2D eigenvalue weighted by molar-refractivity contribution is 0.308. The summed E-state index contributed by atoms with van der Waals surface area (Å²) in [6.45, 7) is 2.80. The number of para-hydroxylation sites is 1. The summed E-state index contributed by atoms with van der Waals surface area (Å²) in [6.07, 6.45) is 3.33. The van der Waals surface area contributed by atoms with Gasteiger partial charge in [0.1, 0.15) is 11.8 Å². The lowest BCUT2D eigenvalue weighted by atomic mass is 10.2. The van der Waals surface area contributed by atoms with Crippen LogP contribution in [0.1, 0.15) is 31.7 Å². The van der Waals surface area contributed by atoms with E-state index in [1.807, 2.05) is 6.07 Å². The second-order valence-electron chi connectivity index (χ2n) is 3.38. The summed E-state index contributed by atoms with van der Waals surface area (Å²) in [6, 6.07) is 7.30. The predicted molar refractivity (Wildman–Crippen MR) is 60.6 cm³/mol. The number of anilines is 1. The van der Waals surface area contributed by atoms with Gasteiger partial charge >= 0.3 is 0 Å². The van der Waals surface area contributed by atoms with Crippen LogP contribution in [0.25, 0.3) is 0 Å². The number of nitrogens with zero attached hydrogens (tertiary/aromatic N) is 1. The Labute approximate surface area is 90.5 Å². The van der Waals surface area contributed by atoms with Crippen molar-refractivity contribution in [3.8, 4) is 11.8 Å². The second-order valence-corrected chi connectivity index (χ2v) is 3.38. The van der Waals surface area contributed by atoms with Crippen LogP contribution in [0, 0.1) is 11.3 Å². The Morgan fingerprint density at radius 3 is 2.87 bits per heavy atom. The van der Waals surface area contributed by atoms with Crippen molar-refractivity contribution in [3.63, 3.8) is 0 Å². The van der Waals surface area contributed by atoms with Crippen molar-refractivity contribution in [2.75, 3.05) is 12.3 Å². The van der Waals surface area contributed by atoms with Gasteiger partial charge in [-0.1, -0.05) is 25.8 Å². The number of ether oxygens (including phenoxy) is 1. The van der Waals surface area contributed by atoms with Gasteiger partial charge in [0.15, 0.2) is 0 Å². The van der Waals surface area contributed by atoms with Crippen molar-refractivity contribution in [3.05, 3.63) is 23.8 Å². The first-order valence-electron chi connectivity index (χ1n) is 5.21. The molecular weight excluding hydrogens is 188 g/mol. The average Bonchev–Trinajstić information content (AvgIpc) is 2.26. The zero-order chi connectivity index (χ0) is 11.1. The summed E-state index contributed by atoms with van der Waals surface area (Å²) in [7, 11) is 0. The number of rotatable bonds is 5. The zero-order valence-electron chi connectivity index (χ0n) is 8.99. The first-order valence-corrected chi connectivity index (χ1v) is 5.21. The fourth-order valence-corrected chi connectivity index (χ4v) is 1.30. The molecule has 0 aromatic heterocycles. The minimum absolute atomic E-state index is 0.441. The fourth-order valence-electron chi connectivity index (χ4n) is 1.30. The summed E-state index contributed by atoms with van der Waals surface area (Å²) >= 11 is 0. The van der Waals surface area contributed by atoms with Gasteiger partial charge in [-0.2, -0.15) is 5.26 Å². The summed E-state index contributed by atoms with van der Waals surface area (Å²) in [5, 5.41) is 8.77. The summed E-state index contributed by atoms with van der Waals surface area (Å²) in [4.78, 5) is 0. The van der Waals surface area contributed by atoms with Crippen LogP contribution in [0.3, 0.4) is 0 Å². The molecule has 1 rings (SSSR count). The van der Waals surface area contributed by atoms with E-state index in [1.54, 1.807) is 18.2 Å². The standard InChI is InChI=1S/C12H16N2O/c1-2-3-4-8-15-11-7-5-6-10(9-13)12(11)14/h5-7H,2-4,8,14H2,1H3. The molecule has 0 heterocycles. The van der Waals surface area contributed by atoms with Crippen LogP contribution in [0.2, 0.25) is 0 Å². The lowest BCUT2D eigenvalue weighted by Crippen LogP contribution is -2.01. The molecule has 0 bridgehead atoms. The van der Waals surface area contributed by atoms with Crippen LogP contribution >= 0.6 is 0 Å². The van der Waals surface area contributed by atoms with Gasteiger partial charge in [-0.05, 0) is 18.6 Å². The van der Waals surface area contributed by atoms with Gasteiger partial charge in [0.05, 0.1) is 17.9 Å². The molecule has 0 saturated heterocycles. The molecule has 3 nitrogen and oxygen atoms in total. The largest absolute Gasteiger partial charge is 0.491 e. The number of hydrogen-bond acceptors (Lipinski definition) is 3. The number of nitriles is 1. The normalized spacial score (nSPS) is 9.60. The van der Waals surface area contributed by atoms with Crippen molar-refractivity contribution in [1.29, 1.82) is 5.26 Å². The third kappa shape index (κ3) is 3.17. The maximum Gasteiger partial charge on any atom is 0.143 e. The minimum Gasteiger partial charge on any atom is -0.491 e. The Balaban J connectivity index is 2.58. The molecule has 0 aliphatic carbocycles. The van der Waals surface area contributed by atoms with Crippen molar-refractivity contribution >= 4 is 5.69 Å². The third-order valence-electron chi connectivity index (χ3n) is 2.19. The van der Waals surface area contributed by atoms with Gasteiger partial charge in [-0.25, -0.2) is 0 Å². The molecule has 1 aromatic carbocycles. The predicted octanol–water partition coefficient (Wildman–Crippen LogP) is 2.71. The van der Waals surface area contributed by atoms with Crippen LogP contribution in [-0.2, 0) is 0 Å². The summed E-state index contributed by atoms with van der Waals surface area (Å²) in [5.74, 6) is 0.616. The third-order valence-corrected chi connectivity index (χ3v) is 2.19. The van der Waals surface area contributed by atoms with E-state index in [2.05, 4.69) is 6.92 Å². The quantitative estimate of drug-likeness (QED) is 0.592. The SMILES string of the molecule is CCCCCOc1cccc(C#N)c1N. The van der Waals surface area contributed by atoms with E-state index in [0.29, 0.717) is 23.6 Å². The average molecular weight is 204 g/mol. The van der Waals surface area contributed by atoms with Crippen LogP contribution in [0.5, 0.6) is 5.75 Å². The van der Waals surface area contributed by atoms with Crippen LogP contribution in [0.15, 0.2) is 18.2 Å². The Morgan fingerprint density at radius 2 is 2.20 bits per heavy atom. The fraction of sp³-hybridized carbons (Fsp3) is 0.417.